The lowest BCUT2D eigenvalue weighted by molar-refractivity contribution is 0.0694. The first-order chi connectivity index (χ1) is 14.5. The lowest BCUT2D eigenvalue weighted by Gasteiger charge is -2.13. The fourth-order valence-electron chi connectivity index (χ4n) is 3.12. The van der Waals surface area contributed by atoms with Crippen molar-refractivity contribution in [1.29, 1.82) is 0 Å². The van der Waals surface area contributed by atoms with Crippen LogP contribution in [-0.4, -0.2) is 23.6 Å². The normalized spacial score (nSPS) is 10.5. The van der Waals surface area contributed by atoms with Crippen molar-refractivity contribution in [3.05, 3.63) is 99.6 Å². The summed E-state index contributed by atoms with van der Waals surface area (Å²) in [5.74, 6) is -0.997. The van der Waals surface area contributed by atoms with E-state index in [4.69, 9.17) is 16.3 Å². The van der Waals surface area contributed by atoms with Crippen molar-refractivity contribution in [2.24, 2.45) is 0 Å². The largest absolute Gasteiger partial charge is 0.492 e. The molecule has 0 bridgehead atoms. The Hall–Kier alpha value is -3.31. The molecule has 0 aromatic heterocycles. The van der Waals surface area contributed by atoms with Crippen LogP contribution in [0.4, 0.5) is 0 Å². The molecule has 1 amide bonds. The minimum atomic E-state index is -1.04. The van der Waals surface area contributed by atoms with E-state index in [2.05, 4.69) is 5.32 Å². The van der Waals surface area contributed by atoms with Gasteiger partial charge in [-0.05, 0) is 47.9 Å². The average Bonchev–Trinajstić information content (AvgIpc) is 2.74. The number of hydrogen-bond donors (Lipinski definition) is 2. The van der Waals surface area contributed by atoms with Crippen LogP contribution in [0, 0.1) is 6.92 Å². The maximum Gasteiger partial charge on any atom is 0.336 e. The number of aryl methyl sites for hydroxylation is 1. The van der Waals surface area contributed by atoms with Crippen molar-refractivity contribution in [2.45, 2.75) is 19.9 Å². The number of hydrogen-bond acceptors (Lipinski definition) is 3. The van der Waals surface area contributed by atoms with Gasteiger partial charge in [-0.1, -0.05) is 54.1 Å². The number of benzene rings is 3. The molecule has 3 aromatic carbocycles. The van der Waals surface area contributed by atoms with Gasteiger partial charge in [-0.2, -0.15) is 0 Å². The van der Waals surface area contributed by atoms with Gasteiger partial charge in [-0.15, -0.1) is 0 Å². The molecule has 154 valence electrons. The number of halogens is 1. The maximum absolute atomic E-state index is 12.8. The summed E-state index contributed by atoms with van der Waals surface area (Å²) in [4.78, 5) is 24.1. The molecule has 30 heavy (non-hydrogen) atoms. The van der Waals surface area contributed by atoms with Gasteiger partial charge in [0, 0.05) is 18.0 Å². The summed E-state index contributed by atoms with van der Waals surface area (Å²) < 4.78 is 5.87. The molecule has 0 saturated heterocycles. The number of rotatable bonds is 8. The Morgan fingerprint density at radius 3 is 2.40 bits per heavy atom. The molecule has 0 spiro atoms. The molecular formula is C24H22ClNO4. The van der Waals surface area contributed by atoms with Gasteiger partial charge in [0.2, 0.25) is 0 Å². The number of carbonyl (C=O) groups excluding carboxylic acids is 1. The van der Waals surface area contributed by atoms with E-state index in [1.54, 1.807) is 36.4 Å². The Morgan fingerprint density at radius 2 is 1.67 bits per heavy atom. The third-order valence-corrected chi connectivity index (χ3v) is 5.00. The summed E-state index contributed by atoms with van der Waals surface area (Å²) in [6.07, 6.45) is 0.711. The van der Waals surface area contributed by atoms with Gasteiger partial charge < -0.3 is 15.2 Å². The highest BCUT2D eigenvalue weighted by atomic mass is 35.5. The van der Waals surface area contributed by atoms with Crippen LogP contribution in [0.15, 0.2) is 66.7 Å². The summed E-state index contributed by atoms with van der Waals surface area (Å²) >= 11 is 6.08. The van der Waals surface area contributed by atoms with E-state index in [0.717, 1.165) is 0 Å². The van der Waals surface area contributed by atoms with Crippen molar-refractivity contribution in [3.8, 4) is 5.75 Å². The van der Waals surface area contributed by atoms with E-state index in [0.29, 0.717) is 34.9 Å². The summed E-state index contributed by atoms with van der Waals surface area (Å²) in [6, 6.07) is 19.5. The predicted octanol–water partition coefficient (Wildman–Crippen LogP) is 4.90. The summed E-state index contributed by atoms with van der Waals surface area (Å²) in [6.45, 7) is 2.54. The third-order valence-electron chi connectivity index (χ3n) is 4.76. The number of amides is 1. The van der Waals surface area contributed by atoms with Crippen molar-refractivity contribution >= 4 is 23.5 Å². The van der Waals surface area contributed by atoms with Gasteiger partial charge in [-0.25, -0.2) is 4.79 Å². The Labute approximate surface area is 180 Å². The fourth-order valence-corrected chi connectivity index (χ4v) is 3.29. The highest BCUT2D eigenvalue weighted by molar-refractivity contribution is 6.31. The van der Waals surface area contributed by atoms with Gasteiger partial charge in [0.25, 0.3) is 5.91 Å². The van der Waals surface area contributed by atoms with Crippen LogP contribution in [0.1, 0.15) is 37.4 Å². The molecule has 5 nitrogen and oxygen atoms in total. The van der Waals surface area contributed by atoms with Crippen LogP contribution in [0.25, 0.3) is 0 Å². The highest BCUT2D eigenvalue weighted by Crippen LogP contribution is 2.24. The molecule has 0 unspecified atom stereocenters. The van der Waals surface area contributed by atoms with Crippen LogP contribution in [0.3, 0.4) is 0 Å². The minimum Gasteiger partial charge on any atom is -0.492 e. The Balaban J connectivity index is 1.69. The van der Waals surface area contributed by atoms with E-state index in [1.165, 1.54) is 17.2 Å². The first-order valence-corrected chi connectivity index (χ1v) is 9.89. The highest BCUT2D eigenvalue weighted by Gasteiger charge is 2.15. The molecule has 0 fully saturated rings. The smallest absolute Gasteiger partial charge is 0.336 e. The number of carboxylic acids is 1. The lowest BCUT2D eigenvalue weighted by Crippen LogP contribution is -2.24. The lowest BCUT2D eigenvalue weighted by atomic mass is 10.1. The Morgan fingerprint density at radius 1 is 0.967 bits per heavy atom. The van der Waals surface area contributed by atoms with E-state index in [9.17, 15) is 14.7 Å². The van der Waals surface area contributed by atoms with Crippen LogP contribution < -0.4 is 10.1 Å². The molecule has 6 heteroatoms. The minimum absolute atomic E-state index is 0.0798. The second-order valence-electron chi connectivity index (χ2n) is 6.81. The second-order valence-corrected chi connectivity index (χ2v) is 7.25. The molecular weight excluding hydrogens is 402 g/mol. The van der Waals surface area contributed by atoms with Crippen molar-refractivity contribution < 1.29 is 19.4 Å². The fraction of sp³-hybridized carbons (Fsp3) is 0.167. The quantitative estimate of drug-likeness (QED) is 0.540. The van der Waals surface area contributed by atoms with Crippen LogP contribution in [-0.2, 0) is 13.0 Å². The van der Waals surface area contributed by atoms with Crippen molar-refractivity contribution in [2.75, 3.05) is 6.61 Å². The van der Waals surface area contributed by atoms with Crippen LogP contribution in [0.2, 0.25) is 5.02 Å². The second kappa shape index (κ2) is 9.94. The summed E-state index contributed by atoms with van der Waals surface area (Å²) in [5, 5.41) is 12.5. The number of nitrogens with one attached hydrogen (secondary N) is 1. The zero-order chi connectivity index (χ0) is 21.5. The molecule has 2 N–H and O–H groups in total. The molecule has 0 heterocycles. The van der Waals surface area contributed by atoms with E-state index < -0.39 is 5.97 Å². The molecule has 3 aromatic rings. The number of carbonyl (C=O) groups is 2. The zero-order valence-electron chi connectivity index (χ0n) is 16.5. The first-order valence-electron chi connectivity index (χ1n) is 9.52. The average molecular weight is 424 g/mol. The molecule has 0 aliphatic heterocycles. The van der Waals surface area contributed by atoms with Crippen LogP contribution >= 0.6 is 11.6 Å². The summed E-state index contributed by atoms with van der Waals surface area (Å²) in [7, 11) is 0. The molecule has 0 radical (unpaired) electrons. The van der Waals surface area contributed by atoms with E-state index >= 15 is 0 Å². The van der Waals surface area contributed by atoms with E-state index in [-0.39, 0.29) is 18.0 Å². The van der Waals surface area contributed by atoms with Crippen molar-refractivity contribution in [1.82, 2.24) is 5.32 Å². The van der Waals surface area contributed by atoms with Gasteiger partial charge in [-0.3, -0.25) is 4.79 Å². The molecule has 0 aliphatic rings. The van der Waals surface area contributed by atoms with Gasteiger partial charge in [0.15, 0.2) is 0 Å². The zero-order valence-corrected chi connectivity index (χ0v) is 17.3. The Kier molecular flexibility index (Phi) is 7.09. The van der Waals surface area contributed by atoms with Gasteiger partial charge in [0.1, 0.15) is 5.75 Å². The Bertz CT molecular complexity index is 1060. The maximum atomic E-state index is 12.8. The number of aromatic carboxylic acids is 1. The molecule has 0 aliphatic carbocycles. The summed E-state index contributed by atoms with van der Waals surface area (Å²) in [5.41, 5.74) is 3.34. The standard InChI is InChI=1S/C24H22ClNO4/c1-16-6-2-3-7-17(16)12-13-30-22-11-10-19(25)14-21(22)23(27)26-15-18-8-4-5-9-20(18)24(28)29/h2-11,14H,12-13,15H2,1H3,(H,26,27)(H,28,29). The number of ether oxygens (including phenoxy) is 1. The van der Waals surface area contributed by atoms with E-state index in [1.807, 2.05) is 31.2 Å². The predicted molar refractivity (Wildman–Crippen MR) is 116 cm³/mol. The third kappa shape index (κ3) is 5.39. The number of carboxylic acid groups (broad SMARTS) is 1. The SMILES string of the molecule is Cc1ccccc1CCOc1ccc(Cl)cc1C(=O)NCc1ccccc1C(=O)O. The van der Waals surface area contributed by atoms with Gasteiger partial charge >= 0.3 is 5.97 Å². The first kappa shape index (κ1) is 21.4. The topological polar surface area (TPSA) is 75.6 Å². The molecule has 3 rings (SSSR count). The van der Waals surface area contributed by atoms with Crippen molar-refractivity contribution in [3.63, 3.8) is 0 Å². The van der Waals surface area contributed by atoms with Gasteiger partial charge in [0.05, 0.1) is 17.7 Å². The molecule has 0 saturated carbocycles. The monoisotopic (exact) mass is 423 g/mol. The van der Waals surface area contributed by atoms with Crippen LogP contribution in [0.5, 0.6) is 5.75 Å². The molecule has 0 atom stereocenters.